The molecule has 4 rings (SSSR count). The number of hydrogen-bond donors (Lipinski definition) is 1. The molecule has 1 amide bonds. The number of nitrogens with zero attached hydrogens (tertiary/aromatic N) is 2. The van der Waals surface area contributed by atoms with Gasteiger partial charge in [-0.25, -0.2) is 0 Å². The summed E-state index contributed by atoms with van der Waals surface area (Å²) in [5.74, 6) is 0.0142. The van der Waals surface area contributed by atoms with Gasteiger partial charge in [-0.1, -0.05) is 42.5 Å². The molecule has 136 valence electrons. The Bertz CT molecular complexity index is 979. The van der Waals surface area contributed by atoms with Crippen molar-refractivity contribution >= 4 is 23.0 Å². The van der Waals surface area contributed by atoms with Crippen LogP contribution in [0.25, 0.3) is 0 Å². The van der Waals surface area contributed by atoms with Gasteiger partial charge >= 0.3 is 0 Å². The summed E-state index contributed by atoms with van der Waals surface area (Å²) in [6.07, 6.45) is -0.260. The molecule has 3 aromatic carbocycles. The molecule has 1 heterocycles. The maximum atomic E-state index is 13.4. The number of benzene rings is 3. The summed E-state index contributed by atoms with van der Waals surface area (Å²) in [4.78, 5) is 17.3. The number of carbonyl (C=O) groups excluding carboxylic acids is 1. The van der Waals surface area contributed by atoms with E-state index >= 15 is 0 Å². The summed E-state index contributed by atoms with van der Waals surface area (Å²) in [6, 6.07) is 24.0. The van der Waals surface area contributed by atoms with Gasteiger partial charge in [-0.05, 0) is 48.4 Å². The second-order valence-electron chi connectivity index (χ2n) is 7.04. The molecule has 4 nitrogen and oxygen atoms in total. The highest BCUT2D eigenvalue weighted by molar-refractivity contribution is 6.12. The molecule has 1 unspecified atom stereocenters. The monoisotopic (exact) mass is 357 g/mol. The van der Waals surface area contributed by atoms with Crippen LogP contribution in [0.4, 0.5) is 17.1 Å². The first-order chi connectivity index (χ1) is 13.1. The molecule has 1 aliphatic rings. The first-order valence-electron chi connectivity index (χ1n) is 9.08. The summed E-state index contributed by atoms with van der Waals surface area (Å²) in [7, 11) is 4.04. The number of hydrogen-bond acceptors (Lipinski definition) is 3. The predicted molar refractivity (Wildman–Crippen MR) is 112 cm³/mol. The van der Waals surface area contributed by atoms with E-state index in [9.17, 15) is 4.79 Å². The first kappa shape index (κ1) is 17.2. The van der Waals surface area contributed by atoms with Crippen molar-refractivity contribution in [1.29, 1.82) is 0 Å². The van der Waals surface area contributed by atoms with E-state index in [1.54, 1.807) is 0 Å². The highest BCUT2D eigenvalue weighted by Crippen LogP contribution is 2.38. The minimum Gasteiger partial charge on any atom is -0.378 e. The zero-order chi connectivity index (χ0) is 19.0. The summed E-state index contributed by atoms with van der Waals surface area (Å²) < 4.78 is 0. The number of amides is 1. The van der Waals surface area contributed by atoms with Crippen LogP contribution in [-0.4, -0.2) is 20.0 Å². The van der Waals surface area contributed by atoms with Crippen molar-refractivity contribution in [2.45, 2.75) is 13.1 Å². The van der Waals surface area contributed by atoms with Crippen molar-refractivity contribution in [3.63, 3.8) is 0 Å². The Balaban J connectivity index is 1.84. The lowest BCUT2D eigenvalue weighted by atomic mass is 10.0. The first-order valence-corrected chi connectivity index (χ1v) is 9.08. The predicted octanol–water partition coefficient (Wildman–Crippen LogP) is 4.83. The third-order valence-electron chi connectivity index (χ3n) is 5.03. The minimum atomic E-state index is -0.260. The molecule has 1 N–H and O–H groups in total. The zero-order valence-electron chi connectivity index (χ0n) is 15.8. The molecule has 3 aromatic rings. The lowest BCUT2D eigenvalue weighted by Gasteiger charge is -2.39. The quantitative estimate of drug-likeness (QED) is 0.729. The molecule has 0 fully saturated rings. The Labute approximate surface area is 160 Å². The van der Waals surface area contributed by atoms with E-state index in [0.717, 1.165) is 28.2 Å². The van der Waals surface area contributed by atoms with Crippen molar-refractivity contribution in [2.24, 2.45) is 0 Å². The van der Waals surface area contributed by atoms with Crippen LogP contribution in [0.1, 0.15) is 27.7 Å². The molecule has 4 heteroatoms. The Hall–Kier alpha value is -3.27. The summed E-state index contributed by atoms with van der Waals surface area (Å²) in [6.45, 7) is 2.04. The smallest absolute Gasteiger partial charge is 0.262 e. The van der Waals surface area contributed by atoms with Crippen molar-refractivity contribution < 1.29 is 4.79 Å². The number of aryl methyl sites for hydroxylation is 1. The minimum absolute atomic E-state index is 0.0142. The molecule has 0 aromatic heterocycles. The van der Waals surface area contributed by atoms with Crippen LogP contribution < -0.4 is 15.1 Å². The van der Waals surface area contributed by atoms with Crippen LogP contribution in [0.3, 0.4) is 0 Å². The van der Waals surface area contributed by atoms with E-state index in [4.69, 9.17) is 0 Å². The molecular weight excluding hydrogens is 334 g/mol. The second-order valence-corrected chi connectivity index (χ2v) is 7.04. The number of anilines is 3. The Morgan fingerprint density at radius 2 is 1.56 bits per heavy atom. The standard InChI is InChI=1S/C23H23N3O/c1-16-8-4-7-11-21(16)26-22(17-12-14-18(15-13-17)25(2)3)24-20-10-6-5-9-19(20)23(26)27/h4-15,22,24H,1-3H3. The molecule has 0 radical (unpaired) electrons. The van der Waals surface area contributed by atoms with Gasteiger partial charge in [0.15, 0.2) is 0 Å². The van der Waals surface area contributed by atoms with Crippen molar-refractivity contribution in [2.75, 3.05) is 29.2 Å². The van der Waals surface area contributed by atoms with E-state index in [2.05, 4.69) is 34.5 Å². The van der Waals surface area contributed by atoms with Gasteiger partial charge in [0, 0.05) is 31.2 Å². The number of rotatable bonds is 3. The van der Waals surface area contributed by atoms with Gasteiger partial charge < -0.3 is 10.2 Å². The maximum absolute atomic E-state index is 13.4. The van der Waals surface area contributed by atoms with Crippen LogP contribution in [0, 0.1) is 6.92 Å². The normalized spacial score (nSPS) is 15.9. The van der Waals surface area contributed by atoms with Gasteiger partial charge in [0.1, 0.15) is 6.17 Å². The van der Waals surface area contributed by atoms with Crippen LogP contribution in [0.15, 0.2) is 72.8 Å². The van der Waals surface area contributed by atoms with Gasteiger partial charge in [-0.15, -0.1) is 0 Å². The van der Waals surface area contributed by atoms with E-state index in [1.807, 2.05) is 74.4 Å². The third-order valence-corrected chi connectivity index (χ3v) is 5.03. The lowest BCUT2D eigenvalue weighted by Crippen LogP contribution is -2.43. The topological polar surface area (TPSA) is 35.6 Å². The zero-order valence-corrected chi connectivity index (χ0v) is 15.8. The molecule has 27 heavy (non-hydrogen) atoms. The molecule has 1 aliphatic heterocycles. The summed E-state index contributed by atoms with van der Waals surface area (Å²) >= 11 is 0. The lowest BCUT2D eigenvalue weighted by molar-refractivity contribution is 0.0974. The Morgan fingerprint density at radius 1 is 0.889 bits per heavy atom. The average Bonchev–Trinajstić information content (AvgIpc) is 2.69. The molecule has 0 spiro atoms. The Morgan fingerprint density at radius 3 is 2.26 bits per heavy atom. The fraction of sp³-hybridized carbons (Fsp3) is 0.174. The van der Waals surface area contributed by atoms with Gasteiger partial charge in [0.05, 0.1) is 5.56 Å². The molecule has 0 saturated carbocycles. The highest BCUT2D eigenvalue weighted by atomic mass is 16.2. The SMILES string of the molecule is Cc1ccccc1N1C(=O)c2ccccc2NC1c1ccc(N(C)C)cc1. The number of carbonyl (C=O) groups is 1. The highest BCUT2D eigenvalue weighted by Gasteiger charge is 2.34. The van der Waals surface area contributed by atoms with Gasteiger partial charge in [0.2, 0.25) is 0 Å². The van der Waals surface area contributed by atoms with Gasteiger partial charge in [0.25, 0.3) is 5.91 Å². The molecule has 0 aliphatic carbocycles. The van der Waals surface area contributed by atoms with E-state index in [-0.39, 0.29) is 12.1 Å². The molecule has 0 saturated heterocycles. The molecule has 1 atom stereocenters. The molecule has 0 bridgehead atoms. The van der Waals surface area contributed by atoms with Crippen LogP contribution in [0.5, 0.6) is 0 Å². The van der Waals surface area contributed by atoms with Gasteiger partial charge in [-0.2, -0.15) is 0 Å². The Kier molecular flexibility index (Phi) is 4.32. The van der Waals surface area contributed by atoms with Crippen molar-refractivity contribution in [3.05, 3.63) is 89.5 Å². The van der Waals surface area contributed by atoms with Crippen LogP contribution >= 0.6 is 0 Å². The largest absolute Gasteiger partial charge is 0.378 e. The van der Waals surface area contributed by atoms with E-state index in [0.29, 0.717) is 5.56 Å². The number of para-hydroxylation sites is 2. The fourth-order valence-electron chi connectivity index (χ4n) is 3.52. The summed E-state index contributed by atoms with van der Waals surface area (Å²) in [5.41, 5.74) is 5.74. The van der Waals surface area contributed by atoms with E-state index in [1.165, 1.54) is 0 Å². The number of fused-ring (bicyclic) bond motifs is 1. The van der Waals surface area contributed by atoms with Crippen molar-refractivity contribution in [1.82, 2.24) is 0 Å². The van der Waals surface area contributed by atoms with Gasteiger partial charge in [-0.3, -0.25) is 9.69 Å². The fourth-order valence-corrected chi connectivity index (χ4v) is 3.52. The summed E-state index contributed by atoms with van der Waals surface area (Å²) in [5, 5.41) is 3.56. The number of nitrogens with one attached hydrogen (secondary N) is 1. The third kappa shape index (κ3) is 3.04. The van der Waals surface area contributed by atoms with E-state index < -0.39 is 0 Å². The van der Waals surface area contributed by atoms with Crippen LogP contribution in [-0.2, 0) is 0 Å². The van der Waals surface area contributed by atoms with Crippen molar-refractivity contribution in [3.8, 4) is 0 Å². The second kappa shape index (κ2) is 6.80. The molecular formula is C23H23N3O. The maximum Gasteiger partial charge on any atom is 0.262 e. The average molecular weight is 357 g/mol. The van der Waals surface area contributed by atoms with Crippen LogP contribution in [0.2, 0.25) is 0 Å².